The molecule has 5 nitrogen and oxygen atoms in total. The van der Waals surface area contributed by atoms with Crippen LogP contribution < -0.4 is 5.32 Å². The number of aryl methyl sites for hydroxylation is 2. The van der Waals surface area contributed by atoms with Crippen LogP contribution in [0.2, 0.25) is 0 Å². The van der Waals surface area contributed by atoms with Crippen molar-refractivity contribution in [3.63, 3.8) is 0 Å². The fourth-order valence-electron chi connectivity index (χ4n) is 1.63. The van der Waals surface area contributed by atoms with Gasteiger partial charge in [0, 0.05) is 19.4 Å². The first-order valence-corrected chi connectivity index (χ1v) is 6.04. The van der Waals surface area contributed by atoms with Crippen LogP contribution >= 0.6 is 11.5 Å². The number of carbonyl (C=O) groups excluding carboxylic acids is 1. The summed E-state index contributed by atoms with van der Waals surface area (Å²) in [7, 11) is 1.94. The van der Waals surface area contributed by atoms with Crippen LogP contribution in [0.1, 0.15) is 28.8 Å². The first-order valence-electron chi connectivity index (χ1n) is 5.27. The van der Waals surface area contributed by atoms with Gasteiger partial charge in [0.05, 0.1) is 17.8 Å². The average Bonchev–Trinajstić information content (AvgIpc) is 2.82. The molecule has 0 aromatic carbocycles. The zero-order valence-electron chi connectivity index (χ0n) is 10.0. The second-order valence-electron chi connectivity index (χ2n) is 3.84. The van der Waals surface area contributed by atoms with Crippen LogP contribution in [0.4, 0.5) is 5.00 Å². The van der Waals surface area contributed by atoms with Gasteiger partial charge in [0.15, 0.2) is 5.78 Å². The number of nitrogens with zero attached hydrogens (tertiary/aromatic N) is 3. The molecule has 90 valence electrons. The van der Waals surface area contributed by atoms with Gasteiger partial charge < -0.3 is 9.88 Å². The van der Waals surface area contributed by atoms with Crippen molar-refractivity contribution in [2.24, 2.45) is 7.05 Å². The van der Waals surface area contributed by atoms with E-state index in [0.717, 1.165) is 16.5 Å². The molecule has 2 heterocycles. The molecule has 17 heavy (non-hydrogen) atoms. The minimum Gasteiger partial charge on any atom is -0.368 e. The van der Waals surface area contributed by atoms with Gasteiger partial charge >= 0.3 is 0 Å². The van der Waals surface area contributed by atoms with E-state index in [1.807, 2.05) is 24.7 Å². The molecule has 2 rings (SSSR count). The summed E-state index contributed by atoms with van der Waals surface area (Å²) in [6.45, 7) is 3.99. The van der Waals surface area contributed by atoms with Gasteiger partial charge in [-0.1, -0.05) is 0 Å². The Labute approximate surface area is 104 Å². The predicted molar refractivity (Wildman–Crippen MR) is 67.4 cm³/mol. The summed E-state index contributed by atoms with van der Waals surface area (Å²) in [5.41, 5.74) is 1.47. The first kappa shape index (κ1) is 11.8. The van der Waals surface area contributed by atoms with Crippen LogP contribution in [0.25, 0.3) is 0 Å². The third kappa shape index (κ3) is 2.36. The second-order valence-corrected chi connectivity index (χ2v) is 4.61. The van der Waals surface area contributed by atoms with Crippen LogP contribution in [0.3, 0.4) is 0 Å². The van der Waals surface area contributed by atoms with Crippen molar-refractivity contribution in [2.75, 3.05) is 5.32 Å². The monoisotopic (exact) mass is 250 g/mol. The number of anilines is 1. The molecule has 0 atom stereocenters. The highest BCUT2D eigenvalue weighted by Gasteiger charge is 2.14. The molecule has 0 amide bonds. The van der Waals surface area contributed by atoms with Crippen LogP contribution in [0.5, 0.6) is 0 Å². The SMILES string of the molecule is CC(=O)c1c(C)nsc1NCc1nccn1C. The van der Waals surface area contributed by atoms with Crippen molar-refractivity contribution in [1.29, 1.82) is 0 Å². The molecule has 1 N–H and O–H groups in total. The van der Waals surface area contributed by atoms with E-state index in [1.165, 1.54) is 11.5 Å². The fraction of sp³-hybridized carbons (Fsp3) is 0.364. The molecule has 0 aliphatic heterocycles. The summed E-state index contributed by atoms with van der Waals surface area (Å²) in [5, 5.41) is 4.03. The van der Waals surface area contributed by atoms with Gasteiger partial charge in [0.1, 0.15) is 10.8 Å². The quantitative estimate of drug-likeness (QED) is 0.843. The minimum absolute atomic E-state index is 0.0404. The maximum Gasteiger partial charge on any atom is 0.164 e. The summed E-state index contributed by atoms with van der Waals surface area (Å²) in [4.78, 5) is 15.7. The Kier molecular flexibility index (Phi) is 3.23. The number of aromatic nitrogens is 3. The number of hydrogen-bond donors (Lipinski definition) is 1. The maximum atomic E-state index is 11.5. The highest BCUT2D eigenvalue weighted by Crippen LogP contribution is 2.25. The Morgan fingerprint density at radius 2 is 2.35 bits per heavy atom. The summed E-state index contributed by atoms with van der Waals surface area (Å²) in [5.74, 6) is 0.962. The number of hydrogen-bond acceptors (Lipinski definition) is 5. The fourth-order valence-corrected chi connectivity index (χ4v) is 2.47. The van der Waals surface area contributed by atoms with Crippen molar-refractivity contribution < 1.29 is 4.79 Å². The number of nitrogens with one attached hydrogen (secondary N) is 1. The standard InChI is InChI=1S/C11H14N4OS/c1-7-10(8(2)16)11(17-14-7)13-6-9-12-4-5-15(9)3/h4-5,13H,6H2,1-3H3. The van der Waals surface area contributed by atoms with E-state index in [4.69, 9.17) is 0 Å². The molecule has 0 bridgehead atoms. The predicted octanol–water partition coefficient (Wildman–Crippen LogP) is 2.00. The summed E-state index contributed by atoms with van der Waals surface area (Å²) >= 11 is 1.31. The summed E-state index contributed by atoms with van der Waals surface area (Å²) in [6, 6.07) is 0. The molecule has 0 saturated carbocycles. The molecule has 0 saturated heterocycles. The van der Waals surface area contributed by atoms with Crippen molar-refractivity contribution in [1.82, 2.24) is 13.9 Å². The molecule has 0 radical (unpaired) electrons. The lowest BCUT2D eigenvalue weighted by atomic mass is 10.2. The van der Waals surface area contributed by atoms with Gasteiger partial charge in [-0.2, -0.15) is 4.37 Å². The van der Waals surface area contributed by atoms with Gasteiger partial charge in [-0.25, -0.2) is 4.98 Å². The van der Waals surface area contributed by atoms with Crippen LogP contribution in [-0.4, -0.2) is 19.7 Å². The van der Waals surface area contributed by atoms with Crippen LogP contribution in [0.15, 0.2) is 12.4 Å². The summed E-state index contributed by atoms with van der Waals surface area (Å²) in [6.07, 6.45) is 3.64. The normalized spacial score (nSPS) is 10.5. The summed E-state index contributed by atoms with van der Waals surface area (Å²) < 4.78 is 6.13. The third-order valence-corrected chi connectivity index (χ3v) is 3.44. The highest BCUT2D eigenvalue weighted by molar-refractivity contribution is 7.10. The molecule has 0 aliphatic rings. The smallest absolute Gasteiger partial charge is 0.164 e. The zero-order chi connectivity index (χ0) is 12.4. The molecule has 2 aromatic rings. The van der Waals surface area contributed by atoms with Crippen molar-refractivity contribution in [3.8, 4) is 0 Å². The van der Waals surface area contributed by atoms with E-state index in [0.29, 0.717) is 12.1 Å². The Bertz CT molecular complexity index is 543. The lowest BCUT2D eigenvalue weighted by molar-refractivity contribution is 0.101. The van der Waals surface area contributed by atoms with E-state index in [9.17, 15) is 4.79 Å². The number of Topliss-reactive ketones (excluding diaryl/α,β-unsaturated/α-hetero) is 1. The second kappa shape index (κ2) is 4.67. The molecular weight excluding hydrogens is 236 g/mol. The molecule has 0 fully saturated rings. The first-order chi connectivity index (χ1) is 8.09. The Morgan fingerprint density at radius 1 is 1.59 bits per heavy atom. The maximum absolute atomic E-state index is 11.5. The van der Waals surface area contributed by atoms with Gasteiger partial charge in [0.2, 0.25) is 0 Å². The van der Waals surface area contributed by atoms with Gasteiger partial charge in [0.25, 0.3) is 0 Å². The van der Waals surface area contributed by atoms with Crippen LogP contribution in [-0.2, 0) is 13.6 Å². The lowest BCUT2D eigenvalue weighted by Gasteiger charge is -2.05. The van der Waals surface area contributed by atoms with Crippen molar-refractivity contribution >= 4 is 22.3 Å². The molecule has 6 heteroatoms. The largest absolute Gasteiger partial charge is 0.368 e. The van der Waals surface area contributed by atoms with E-state index in [2.05, 4.69) is 14.7 Å². The lowest BCUT2D eigenvalue weighted by Crippen LogP contribution is -2.07. The molecule has 0 unspecified atom stereocenters. The Balaban J connectivity index is 2.15. The van der Waals surface area contributed by atoms with Gasteiger partial charge in [-0.15, -0.1) is 0 Å². The number of carbonyl (C=O) groups is 1. The minimum atomic E-state index is 0.0404. The molecule has 0 spiro atoms. The molecule has 0 aliphatic carbocycles. The van der Waals surface area contributed by atoms with Gasteiger partial charge in [-0.05, 0) is 25.4 Å². The van der Waals surface area contributed by atoms with Crippen molar-refractivity contribution in [3.05, 3.63) is 29.5 Å². The molecular formula is C11H14N4OS. The topological polar surface area (TPSA) is 59.8 Å². The third-order valence-electron chi connectivity index (χ3n) is 2.54. The Hall–Kier alpha value is -1.69. The highest BCUT2D eigenvalue weighted by atomic mass is 32.1. The number of ketones is 1. The zero-order valence-corrected chi connectivity index (χ0v) is 10.8. The molecule has 2 aromatic heterocycles. The van der Waals surface area contributed by atoms with Crippen LogP contribution in [0, 0.1) is 6.92 Å². The number of rotatable bonds is 4. The van der Waals surface area contributed by atoms with E-state index < -0.39 is 0 Å². The van der Waals surface area contributed by atoms with E-state index >= 15 is 0 Å². The van der Waals surface area contributed by atoms with E-state index in [1.54, 1.807) is 13.1 Å². The Morgan fingerprint density at radius 3 is 2.94 bits per heavy atom. The van der Waals surface area contributed by atoms with Gasteiger partial charge in [-0.3, -0.25) is 4.79 Å². The van der Waals surface area contributed by atoms with Crippen molar-refractivity contribution in [2.45, 2.75) is 20.4 Å². The average molecular weight is 250 g/mol. The van der Waals surface area contributed by atoms with E-state index in [-0.39, 0.29) is 5.78 Å². The number of imidazole rings is 1.